The molecule has 0 aliphatic carbocycles. The Morgan fingerprint density at radius 2 is 1.67 bits per heavy atom. The molecule has 0 amide bonds. The van der Waals surface area contributed by atoms with Gasteiger partial charge in [0.15, 0.2) is 0 Å². The zero-order chi connectivity index (χ0) is 10.8. The average molecular weight is 220 g/mol. The molecule has 0 fully saturated rings. The molecule has 1 radical (unpaired) electrons. The summed E-state index contributed by atoms with van der Waals surface area (Å²) in [5.41, 5.74) is 2.52. The van der Waals surface area contributed by atoms with Crippen molar-refractivity contribution in [2.75, 3.05) is 0 Å². The highest BCUT2D eigenvalue weighted by molar-refractivity contribution is 6.30. The topological polar surface area (TPSA) is 0 Å². The van der Waals surface area contributed by atoms with E-state index in [1.807, 2.05) is 12.1 Å². The zero-order valence-electron chi connectivity index (χ0n) is 8.00. The molecule has 2 aromatic rings. The maximum Gasteiger partial charge on any atom is 0.123 e. The van der Waals surface area contributed by atoms with Crippen LogP contribution in [0.15, 0.2) is 42.5 Å². The standard InChI is InChI=1S/C13H9ClF/c1-9-2-7-12(15)8-13(9)10-3-5-11(14)6-4-10/h2-8H,1H2. The summed E-state index contributed by atoms with van der Waals surface area (Å²) in [6.45, 7) is 3.86. The average Bonchev–Trinajstić information content (AvgIpc) is 2.23. The molecule has 0 saturated heterocycles. The number of halogens is 2. The van der Waals surface area contributed by atoms with Gasteiger partial charge in [0.25, 0.3) is 0 Å². The fourth-order valence-electron chi connectivity index (χ4n) is 1.45. The van der Waals surface area contributed by atoms with Crippen LogP contribution in [-0.2, 0) is 0 Å². The van der Waals surface area contributed by atoms with Crippen molar-refractivity contribution >= 4 is 11.6 Å². The summed E-state index contributed by atoms with van der Waals surface area (Å²) in [7, 11) is 0. The van der Waals surface area contributed by atoms with Gasteiger partial charge in [0.05, 0.1) is 0 Å². The van der Waals surface area contributed by atoms with E-state index in [0.29, 0.717) is 5.02 Å². The van der Waals surface area contributed by atoms with Gasteiger partial charge in [-0.15, -0.1) is 0 Å². The molecule has 0 bridgehead atoms. The van der Waals surface area contributed by atoms with Gasteiger partial charge in [-0.05, 0) is 47.9 Å². The second kappa shape index (κ2) is 4.03. The van der Waals surface area contributed by atoms with Crippen LogP contribution in [-0.4, -0.2) is 0 Å². The first-order valence-electron chi connectivity index (χ1n) is 4.54. The van der Waals surface area contributed by atoms with Crippen molar-refractivity contribution in [3.05, 3.63) is 65.8 Å². The first-order chi connectivity index (χ1) is 7.16. The van der Waals surface area contributed by atoms with Crippen molar-refractivity contribution < 1.29 is 4.39 Å². The minimum Gasteiger partial charge on any atom is -0.207 e. The highest BCUT2D eigenvalue weighted by atomic mass is 35.5. The van der Waals surface area contributed by atoms with Crippen LogP contribution in [0.4, 0.5) is 4.39 Å². The molecule has 0 aliphatic rings. The van der Waals surface area contributed by atoms with Crippen molar-refractivity contribution in [3.63, 3.8) is 0 Å². The lowest BCUT2D eigenvalue weighted by molar-refractivity contribution is 0.628. The zero-order valence-corrected chi connectivity index (χ0v) is 8.76. The summed E-state index contributed by atoms with van der Waals surface area (Å²) in [6, 6.07) is 11.8. The molecule has 0 heterocycles. The van der Waals surface area contributed by atoms with Crippen LogP contribution in [0.1, 0.15) is 5.56 Å². The third-order valence-corrected chi connectivity index (χ3v) is 2.48. The minimum absolute atomic E-state index is 0.257. The van der Waals surface area contributed by atoms with Gasteiger partial charge >= 0.3 is 0 Å². The number of rotatable bonds is 1. The second-order valence-corrected chi connectivity index (χ2v) is 3.74. The van der Waals surface area contributed by atoms with Gasteiger partial charge in [-0.2, -0.15) is 0 Å². The molecule has 0 saturated carbocycles. The molecule has 0 spiro atoms. The van der Waals surface area contributed by atoms with E-state index in [1.54, 1.807) is 18.2 Å². The SMILES string of the molecule is [CH2]c1ccc(F)cc1-c1ccc(Cl)cc1. The van der Waals surface area contributed by atoms with E-state index in [1.165, 1.54) is 12.1 Å². The normalized spacial score (nSPS) is 10.3. The van der Waals surface area contributed by atoms with E-state index in [0.717, 1.165) is 16.7 Å². The second-order valence-electron chi connectivity index (χ2n) is 3.31. The molecule has 2 heteroatoms. The third-order valence-electron chi connectivity index (χ3n) is 2.23. The molecular weight excluding hydrogens is 211 g/mol. The van der Waals surface area contributed by atoms with Gasteiger partial charge in [0, 0.05) is 5.02 Å². The van der Waals surface area contributed by atoms with E-state index < -0.39 is 0 Å². The first-order valence-corrected chi connectivity index (χ1v) is 4.92. The van der Waals surface area contributed by atoms with E-state index >= 15 is 0 Å². The fourth-order valence-corrected chi connectivity index (χ4v) is 1.57. The Labute approximate surface area is 93.3 Å². The summed E-state index contributed by atoms with van der Waals surface area (Å²) >= 11 is 5.78. The van der Waals surface area contributed by atoms with Crippen LogP contribution in [0.3, 0.4) is 0 Å². The molecule has 0 unspecified atom stereocenters. The van der Waals surface area contributed by atoms with Crippen LogP contribution >= 0.6 is 11.6 Å². The molecule has 0 N–H and O–H groups in total. The van der Waals surface area contributed by atoms with E-state index in [4.69, 9.17) is 11.6 Å². The largest absolute Gasteiger partial charge is 0.207 e. The van der Waals surface area contributed by atoms with Crippen LogP contribution in [0, 0.1) is 12.7 Å². The van der Waals surface area contributed by atoms with Crippen LogP contribution in [0.25, 0.3) is 11.1 Å². The van der Waals surface area contributed by atoms with Gasteiger partial charge < -0.3 is 0 Å². The summed E-state index contributed by atoms with van der Waals surface area (Å²) in [4.78, 5) is 0. The molecular formula is C13H9ClF. The Bertz CT molecular complexity index is 474. The van der Waals surface area contributed by atoms with Crippen molar-refractivity contribution in [1.82, 2.24) is 0 Å². The van der Waals surface area contributed by atoms with Crippen LogP contribution in [0.5, 0.6) is 0 Å². The highest BCUT2D eigenvalue weighted by Crippen LogP contribution is 2.25. The molecule has 0 nitrogen and oxygen atoms in total. The molecule has 0 aliphatic heterocycles. The van der Waals surface area contributed by atoms with Crippen LogP contribution < -0.4 is 0 Å². The molecule has 15 heavy (non-hydrogen) atoms. The van der Waals surface area contributed by atoms with Crippen LogP contribution in [0.2, 0.25) is 5.02 Å². The monoisotopic (exact) mass is 219 g/mol. The summed E-state index contributed by atoms with van der Waals surface area (Å²) in [6.07, 6.45) is 0. The number of benzene rings is 2. The highest BCUT2D eigenvalue weighted by Gasteiger charge is 2.03. The van der Waals surface area contributed by atoms with Gasteiger partial charge in [-0.1, -0.05) is 29.8 Å². The Morgan fingerprint density at radius 3 is 2.33 bits per heavy atom. The molecule has 0 atom stereocenters. The van der Waals surface area contributed by atoms with Gasteiger partial charge in [0.1, 0.15) is 5.82 Å². The van der Waals surface area contributed by atoms with E-state index in [9.17, 15) is 4.39 Å². The van der Waals surface area contributed by atoms with Crippen molar-refractivity contribution in [2.45, 2.75) is 0 Å². The first kappa shape index (κ1) is 10.2. The lowest BCUT2D eigenvalue weighted by Crippen LogP contribution is -1.84. The fraction of sp³-hybridized carbons (Fsp3) is 0. The maximum absolute atomic E-state index is 13.1. The van der Waals surface area contributed by atoms with Crippen molar-refractivity contribution in [1.29, 1.82) is 0 Å². The Balaban J connectivity index is 2.53. The van der Waals surface area contributed by atoms with Crippen molar-refractivity contribution in [2.24, 2.45) is 0 Å². The van der Waals surface area contributed by atoms with Gasteiger partial charge in [0.2, 0.25) is 0 Å². The quantitative estimate of drug-likeness (QED) is 0.670. The Morgan fingerprint density at radius 1 is 1.00 bits per heavy atom. The lowest BCUT2D eigenvalue weighted by Gasteiger charge is -2.05. The Hall–Kier alpha value is -1.34. The lowest BCUT2D eigenvalue weighted by atomic mass is 10.0. The van der Waals surface area contributed by atoms with E-state index in [-0.39, 0.29) is 5.82 Å². The maximum atomic E-state index is 13.1. The summed E-state index contributed by atoms with van der Waals surface area (Å²) in [5, 5.41) is 0.667. The number of hydrogen-bond donors (Lipinski definition) is 0. The summed E-state index contributed by atoms with van der Waals surface area (Å²) in [5.74, 6) is -0.257. The van der Waals surface area contributed by atoms with Gasteiger partial charge in [-0.3, -0.25) is 0 Å². The molecule has 0 aromatic heterocycles. The third kappa shape index (κ3) is 2.18. The predicted molar refractivity (Wildman–Crippen MR) is 61.3 cm³/mol. The summed E-state index contributed by atoms with van der Waals surface area (Å²) < 4.78 is 13.1. The number of hydrogen-bond acceptors (Lipinski definition) is 0. The molecule has 75 valence electrons. The Kier molecular flexibility index (Phi) is 2.74. The smallest absolute Gasteiger partial charge is 0.123 e. The molecule has 2 rings (SSSR count). The van der Waals surface area contributed by atoms with E-state index in [2.05, 4.69) is 6.92 Å². The van der Waals surface area contributed by atoms with Crippen molar-refractivity contribution in [3.8, 4) is 11.1 Å². The minimum atomic E-state index is -0.257. The van der Waals surface area contributed by atoms with Gasteiger partial charge in [-0.25, -0.2) is 4.39 Å². The predicted octanol–water partition coefficient (Wildman–Crippen LogP) is 4.33. The molecule has 2 aromatic carbocycles.